The van der Waals surface area contributed by atoms with Crippen molar-refractivity contribution in [3.63, 3.8) is 0 Å². The molecule has 3 aromatic rings. The number of methoxy groups -OCH3 is 1. The summed E-state index contributed by atoms with van der Waals surface area (Å²) >= 11 is 12.7. The van der Waals surface area contributed by atoms with Gasteiger partial charge in [0.15, 0.2) is 0 Å². The monoisotopic (exact) mass is 434 g/mol. The van der Waals surface area contributed by atoms with E-state index in [1.54, 1.807) is 18.6 Å². The van der Waals surface area contributed by atoms with Crippen LogP contribution in [0.1, 0.15) is 12.8 Å². The van der Waals surface area contributed by atoms with Gasteiger partial charge in [0.1, 0.15) is 12.4 Å². The molecule has 152 valence electrons. The standard InChI is InChI=1S/C20H20Cl2N4O3/c1-28-18(27)11-29-10-13-3-2-7-26(13)17-9-16(25-8-6-23-12-25)14-4-5-15(21)19(22)20(14)24-17/h4-6,8-9,12-13H,2-3,7,10-11H2,1H3. The number of anilines is 1. The SMILES string of the molecule is COC(=O)COCC1CCCN1c1cc(-n2ccnc2)c2ccc(Cl)c(Cl)c2n1. The van der Waals surface area contributed by atoms with Gasteiger partial charge in [-0.25, -0.2) is 14.8 Å². The average molecular weight is 435 g/mol. The van der Waals surface area contributed by atoms with Crippen LogP contribution < -0.4 is 4.90 Å². The largest absolute Gasteiger partial charge is 0.467 e. The van der Waals surface area contributed by atoms with Crippen LogP contribution in [0.5, 0.6) is 0 Å². The van der Waals surface area contributed by atoms with E-state index in [9.17, 15) is 4.79 Å². The lowest BCUT2D eigenvalue weighted by molar-refractivity contribution is -0.146. The summed E-state index contributed by atoms with van der Waals surface area (Å²) in [6.45, 7) is 1.19. The van der Waals surface area contributed by atoms with E-state index in [4.69, 9.17) is 32.9 Å². The Hall–Kier alpha value is -2.35. The minimum Gasteiger partial charge on any atom is -0.467 e. The van der Waals surface area contributed by atoms with Gasteiger partial charge in [-0.1, -0.05) is 23.2 Å². The number of rotatable bonds is 6. The summed E-state index contributed by atoms with van der Waals surface area (Å²) < 4.78 is 12.1. The van der Waals surface area contributed by atoms with Crippen molar-refractivity contribution in [1.29, 1.82) is 0 Å². The van der Waals surface area contributed by atoms with Gasteiger partial charge in [0, 0.05) is 30.4 Å². The number of fused-ring (bicyclic) bond motifs is 1. The first-order valence-corrected chi connectivity index (χ1v) is 10.0. The number of imidazole rings is 1. The second kappa shape index (κ2) is 8.57. The summed E-state index contributed by atoms with van der Waals surface area (Å²) in [5, 5.41) is 1.77. The predicted octanol–water partition coefficient (Wildman–Crippen LogP) is 3.89. The molecule has 1 aromatic carbocycles. The Morgan fingerprint density at radius 3 is 2.97 bits per heavy atom. The van der Waals surface area contributed by atoms with Gasteiger partial charge in [-0.2, -0.15) is 0 Å². The molecule has 0 radical (unpaired) electrons. The lowest BCUT2D eigenvalue weighted by Crippen LogP contribution is -2.34. The van der Waals surface area contributed by atoms with E-state index in [0.717, 1.165) is 36.3 Å². The van der Waals surface area contributed by atoms with Crippen molar-refractivity contribution in [2.24, 2.45) is 0 Å². The zero-order chi connectivity index (χ0) is 20.4. The number of benzene rings is 1. The molecule has 0 bridgehead atoms. The molecular weight excluding hydrogens is 415 g/mol. The zero-order valence-electron chi connectivity index (χ0n) is 15.8. The highest BCUT2D eigenvalue weighted by atomic mass is 35.5. The molecule has 0 saturated carbocycles. The van der Waals surface area contributed by atoms with E-state index in [0.29, 0.717) is 22.2 Å². The van der Waals surface area contributed by atoms with Gasteiger partial charge >= 0.3 is 5.97 Å². The fourth-order valence-corrected chi connectivity index (χ4v) is 3.97. The summed E-state index contributed by atoms with van der Waals surface area (Å²) in [5.74, 6) is 0.400. The number of carbonyl (C=O) groups is 1. The molecule has 7 nitrogen and oxygen atoms in total. The minimum absolute atomic E-state index is 0.0618. The van der Waals surface area contributed by atoms with Crippen molar-refractivity contribution in [1.82, 2.24) is 14.5 Å². The van der Waals surface area contributed by atoms with Crippen LogP contribution in [-0.2, 0) is 14.3 Å². The highest BCUT2D eigenvalue weighted by Crippen LogP contribution is 2.36. The maximum atomic E-state index is 11.3. The lowest BCUT2D eigenvalue weighted by atomic mass is 10.1. The third-order valence-corrected chi connectivity index (χ3v) is 5.84. The van der Waals surface area contributed by atoms with E-state index in [-0.39, 0.29) is 18.6 Å². The Kier molecular flexibility index (Phi) is 5.89. The maximum absolute atomic E-state index is 11.3. The van der Waals surface area contributed by atoms with Gasteiger partial charge in [-0.05, 0) is 25.0 Å². The first kappa shape index (κ1) is 19.9. The quantitative estimate of drug-likeness (QED) is 0.548. The summed E-state index contributed by atoms with van der Waals surface area (Å²) in [4.78, 5) is 22.5. The van der Waals surface area contributed by atoms with Crippen LogP contribution in [0.15, 0.2) is 36.9 Å². The molecule has 2 aromatic heterocycles. The molecule has 4 rings (SSSR count). The summed E-state index contributed by atoms with van der Waals surface area (Å²) in [6.07, 6.45) is 7.30. The normalized spacial score (nSPS) is 16.5. The third-order valence-electron chi connectivity index (χ3n) is 5.05. The lowest BCUT2D eigenvalue weighted by Gasteiger charge is -2.26. The Balaban J connectivity index is 1.71. The van der Waals surface area contributed by atoms with Gasteiger partial charge in [0.2, 0.25) is 0 Å². The number of ether oxygens (including phenoxy) is 2. The molecule has 1 atom stereocenters. The maximum Gasteiger partial charge on any atom is 0.331 e. The van der Waals surface area contributed by atoms with Gasteiger partial charge < -0.3 is 18.9 Å². The number of aromatic nitrogens is 3. The first-order chi connectivity index (χ1) is 14.1. The summed E-state index contributed by atoms with van der Waals surface area (Å²) in [7, 11) is 1.35. The van der Waals surface area contributed by atoms with Crippen LogP contribution in [0.2, 0.25) is 10.0 Å². The minimum atomic E-state index is -0.387. The van der Waals surface area contributed by atoms with Crippen LogP contribution >= 0.6 is 23.2 Å². The van der Waals surface area contributed by atoms with Crippen LogP contribution in [0.25, 0.3) is 16.6 Å². The van der Waals surface area contributed by atoms with Crippen molar-refractivity contribution in [3.05, 3.63) is 47.0 Å². The van der Waals surface area contributed by atoms with Crippen LogP contribution in [0.3, 0.4) is 0 Å². The summed E-state index contributed by atoms with van der Waals surface area (Å²) in [6, 6.07) is 5.81. The molecule has 1 saturated heterocycles. The van der Waals surface area contributed by atoms with Crippen LogP contribution in [0.4, 0.5) is 5.82 Å². The van der Waals surface area contributed by atoms with Crippen molar-refractivity contribution < 1.29 is 14.3 Å². The van der Waals surface area contributed by atoms with Crippen molar-refractivity contribution >= 4 is 45.9 Å². The first-order valence-electron chi connectivity index (χ1n) is 9.26. The van der Waals surface area contributed by atoms with Crippen molar-refractivity contribution in [2.75, 3.05) is 31.8 Å². The predicted molar refractivity (Wildman–Crippen MR) is 112 cm³/mol. The fraction of sp³-hybridized carbons (Fsp3) is 0.350. The number of esters is 1. The second-order valence-corrected chi connectivity index (χ2v) is 7.59. The van der Waals surface area contributed by atoms with Gasteiger partial charge in [-0.15, -0.1) is 0 Å². The number of nitrogens with zero attached hydrogens (tertiary/aromatic N) is 4. The topological polar surface area (TPSA) is 69.5 Å². The molecule has 0 spiro atoms. The number of halogens is 2. The third kappa shape index (κ3) is 4.03. The molecule has 3 heterocycles. The van der Waals surface area contributed by atoms with Gasteiger partial charge in [0.05, 0.1) is 47.3 Å². The molecule has 9 heteroatoms. The summed E-state index contributed by atoms with van der Waals surface area (Å²) in [5.41, 5.74) is 1.56. The second-order valence-electron chi connectivity index (χ2n) is 6.81. The molecule has 0 amide bonds. The van der Waals surface area contributed by atoms with Crippen LogP contribution in [0, 0.1) is 0 Å². The number of hydrogen-bond acceptors (Lipinski definition) is 6. The van der Waals surface area contributed by atoms with E-state index in [1.165, 1.54) is 7.11 Å². The molecule has 0 aliphatic carbocycles. The van der Waals surface area contributed by atoms with E-state index in [2.05, 4.69) is 14.6 Å². The highest BCUT2D eigenvalue weighted by molar-refractivity contribution is 6.45. The fourth-order valence-electron chi connectivity index (χ4n) is 3.61. The number of carbonyl (C=O) groups excluding carboxylic acids is 1. The molecule has 1 aliphatic heterocycles. The number of hydrogen-bond donors (Lipinski definition) is 0. The van der Waals surface area contributed by atoms with Crippen molar-refractivity contribution in [2.45, 2.75) is 18.9 Å². The van der Waals surface area contributed by atoms with Gasteiger partial charge in [0.25, 0.3) is 0 Å². The van der Waals surface area contributed by atoms with E-state index in [1.807, 2.05) is 22.9 Å². The molecular formula is C20H20Cl2N4O3. The van der Waals surface area contributed by atoms with Gasteiger partial charge in [-0.3, -0.25) is 0 Å². The Labute approximate surface area is 178 Å². The smallest absolute Gasteiger partial charge is 0.331 e. The average Bonchev–Trinajstić information content (AvgIpc) is 3.42. The van der Waals surface area contributed by atoms with Crippen molar-refractivity contribution in [3.8, 4) is 5.69 Å². The van der Waals surface area contributed by atoms with E-state index >= 15 is 0 Å². The Morgan fingerprint density at radius 2 is 2.21 bits per heavy atom. The highest BCUT2D eigenvalue weighted by Gasteiger charge is 2.27. The molecule has 29 heavy (non-hydrogen) atoms. The van der Waals surface area contributed by atoms with E-state index < -0.39 is 0 Å². The molecule has 0 N–H and O–H groups in total. The van der Waals surface area contributed by atoms with Crippen LogP contribution in [-0.4, -0.2) is 53.4 Å². The Morgan fingerprint density at radius 1 is 1.34 bits per heavy atom. The Bertz CT molecular complexity index is 1030. The zero-order valence-corrected chi connectivity index (χ0v) is 17.4. The molecule has 1 unspecified atom stereocenters. The number of pyridine rings is 1. The molecule has 1 fully saturated rings. The molecule has 1 aliphatic rings.